The summed E-state index contributed by atoms with van der Waals surface area (Å²) >= 11 is 0. The second kappa shape index (κ2) is 5.18. The van der Waals surface area contributed by atoms with Crippen LogP contribution in [0, 0.1) is 0 Å². The summed E-state index contributed by atoms with van der Waals surface area (Å²) in [6.45, 7) is 0.586. The van der Waals surface area contributed by atoms with Gasteiger partial charge in [-0.3, -0.25) is 0 Å². The number of carbonyl (C=O) groups is 1. The lowest BCUT2D eigenvalue weighted by molar-refractivity contribution is 0.0594. The number of allylic oxidation sites excluding steroid dienone is 1. The Morgan fingerprint density at radius 3 is 3.14 bits per heavy atom. The van der Waals surface area contributed by atoms with E-state index in [1.54, 1.807) is 22.9 Å². The molecule has 1 rings (SSSR count). The standard InChI is InChI=1S/C9H12N2O3/c1-14-9(13)8-6-11(7-10-8)4-2-3-5-12/h2-3,6-7,12H,4-5H2,1H3/b3-2-. The SMILES string of the molecule is COC(=O)c1cn(C/C=C\CO)cn1. The van der Waals surface area contributed by atoms with Crippen molar-refractivity contribution in [2.24, 2.45) is 0 Å². The maximum atomic E-state index is 11.0. The molecule has 0 saturated carbocycles. The molecule has 1 aromatic rings. The maximum absolute atomic E-state index is 11.0. The van der Waals surface area contributed by atoms with E-state index in [1.165, 1.54) is 13.4 Å². The van der Waals surface area contributed by atoms with Gasteiger partial charge < -0.3 is 14.4 Å². The monoisotopic (exact) mass is 196 g/mol. The molecule has 5 nitrogen and oxygen atoms in total. The Balaban J connectivity index is 2.59. The molecule has 0 amide bonds. The number of ether oxygens (including phenoxy) is 1. The number of nitrogens with zero attached hydrogens (tertiary/aromatic N) is 2. The molecule has 0 aromatic carbocycles. The smallest absolute Gasteiger partial charge is 0.358 e. The number of imidazole rings is 1. The topological polar surface area (TPSA) is 64.3 Å². The minimum atomic E-state index is -0.449. The summed E-state index contributed by atoms with van der Waals surface area (Å²) in [5.41, 5.74) is 0.282. The molecule has 0 fully saturated rings. The summed E-state index contributed by atoms with van der Waals surface area (Å²) < 4.78 is 6.22. The first-order valence-corrected chi connectivity index (χ1v) is 4.14. The van der Waals surface area contributed by atoms with Gasteiger partial charge >= 0.3 is 5.97 Å². The zero-order chi connectivity index (χ0) is 10.4. The van der Waals surface area contributed by atoms with Crippen LogP contribution in [0.4, 0.5) is 0 Å². The van der Waals surface area contributed by atoms with E-state index >= 15 is 0 Å². The van der Waals surface area contributed by atoms with Crippen LogP contribution in [0.1, 0.15) is 10.5 Å². The average molecular weight is 196 g/mol. The summed E-state index contributed by atoms with van der Waals surface area (Å²) in [4.78, 5) is 14.9. The summed E-state index contributed by atoms with van der Waals surface area (Å²) in [5, 5.41) is 8.49. The van der Waals surface area contributed by atoms with Crippen LogP contribution in [-0.4, -0.2) is 34.3 Å². The van der Waals surface area contributed by atoms with E-state index in [4.69, 9.17) is 5.11 Å². The van der Waals surface area contributed by atoms with Crippen LogP contribution in [0.25, 0.3) is 0 Å². The third-order valence-corrected chi connectivity index (χ3v) is 1.62. The number of rotatable bonds is 4. The largest absolute Gasteiger partial charge is 0.464 e. The van der Waals surface area contributed by atoms with Crippen LogP contribution in [0.15, 0.2) is 24.7 Å². The van der Waals surface area contributed by atoms with Gasteiger partial charge in [0.25, 0.3) is 0 Å². The Morgan fingerprint density at radius 1 is 1.71 bits per heavy atom. The molecule has 0 bridgehead atoms. The first kappa shape index (κ1) is 10.5. The molecule has 0 aliphatic carbocycles. The van der Waals surface area contributed by atoms with Crippen molar-refractivity contribution in [3.05, 3.63) is 30.4 Å². The van der Waals surface area contributed by atoms with E-state index in [0.29, 0.717) is 6.54 Å². The molecule has 0 radical (unpaired) electrons. The second-order valence-electron chi connectivity index (χ2n) is 2.60. The van der Waals surface area contributed by atoms with Crippen molar-refractivity contribution in [2.75, 3.05) is 13.7 Å². The Morgan fingerprint density at radius 2 is 2.50 bits per heavy atom. The van der Waals surface area contributed by atoms with E-state index in [9.17, 15) is 4.79 Å². The van der Waals surface area contributed by atoms with Gasteiger partial charge in [-0.25, -0.2) is 9.78 Å². The quantitative estimate of drug-likeness (QED) is 0.552. The van der Waals surface area contributed by atoms with Crippen molar-refractivity contribution in [2.45, 2.75) is 6.54 Å². The predicted molar refractivity (Wildman–Crippen MR) is 49.8 cm³/mol. The van der Waals surface area contributed by atoms with E-state index in [0.717, 1.165) is 0 Å². The first-order valence-electron chi connectivity index (χ1n) is 4.14. The van der Waals surface area contributed by atoms with E-state index in [1.807, 2.05) is 0 Å². The predicted octanol–water partition coefficient (Wildman–Crippen LogP) is 0.218. The van der Waals surface area contributed by atoms with Crippen LogP contribution in [-0.2, 0) is 11.3 Å². The summed E-state index contributed by atoms with van der Waals surface area (Å²) in [7, 11) is 1.31. The molecule has 0 unspecified atom stereocenters. The lowest BCUT2D eigenvalue weighted by atomic mass is 10.5. The molecule has 0 spiro atoms. The second-order valence-corrected chi connectivity index (χ2v) is 2.60. The highest BCUT2D eigenvalue weighted by atomic mass is 16.5. The molecule has 0 aliphatic rings. The van der Waals surface area contributed by atoms with Gasteiger partial charge in [-0.2, -0.15) is 0 Å². The normalized spacial score (nSPS) is 10.7. The number of hydrogen-bond acceptors (Lipinski definition) is 4. The number of methoxy groups -OCH3 is 1. The molecule has 0 atom stereocenters. The van der Waals surface area contributed by atoms with Gasteiger partial charge in [0.15, 0.2) is 5.69 Å². The number of hydrogen-bond donors (Lipinski definition) is 1. The molecule has 76 valence electrons. The van der Waals surface area contributed by atoms with Gasteiger partial charge in [-0.05, 0) is 0 Å². The fourth-order valence-corrected chi connectivity index (χ4v) is 0.941. The van der Waals surface area contributed by atoms with Crippen LogP contribution >= 0.6 is 0 Å². The number of carbonyl (C=O) groups excluding carboxylic acids is 1. The van der Waals surface area contributed by atoms with Crippen molar-refractivity contribution in [1.29, 1.82) is 0 Å². The first-order chi connectivity index (χ1) is 6.77. The summed E-state index contributed by atoms with van der Waals surface area (Å²) in [6, 6.07) is 0. The van der Waals surface area contributed by atoms with E-state index in [2.05, 4.69) is 9.72 Å². The molecule has 14 heavy (non-hydrogen) atoms. The lowest BCUT2D eigenvalue weighted by Gasteiger charge is -1.94. The molecule has 1 heterocycles. The molecule has 5 heteroatoms. The van der Waals surface area contributed by atoms with Crippen LogP contribution in [0.2, 0.25) is 0 Å². The number of aliphatic hydroxyl groups is 1. The van der Waals surface area contributed by atoms with Crippen molar-refractivity contribution in [3.8, 4) is 0 Å². The highest BCUT2D eigenvalue weighted by molar-refractivity contribution is 5.86. The number of esters is 1. The minimum absolute atomic E-state index is 0.0125. The number of aliphatic hydroxyl groups excluding tert-OH is 1. The molecule has 0 aliphatic heterocycles. The fraction of sp³-hybridized carbons (Fsp3) is 0.333. The highest BCUT2D eigenvalue weighted by Gasteiger charge is 2.07. The third-order valence-electron chi connectivity index (χ3n) is 1.62. The lowest BCUT2D eigenvalue weighted by Crippen LogP contribution is -2.01. The zero-order valence-corrected chi connectivity index (χ0v) is 7.88. The van der Waals surface area contributed by atoms with Gasteiger partial charge in [0.1, 0.15) is 0 Å². The Labute approximate surface area is 81.6 Å². The Hall–Kier alpha value is -1.62. The van der Waals surface area contributed by atoms with Crippen molar-refractivity contribution in [1.82, 2.24) is 9.55 Å². The van der Waals surface area contributed by atoms with Crippen molar-refractivity contribution >= 4 is 5.97 Å². The van der Waals surface area contributed by atoms with Gasteiger partial charge in [0.05, 0.1) is 20.0 Å². The van der Waals surface area contributed by atoms with Crippen LogP contribution in [0.3, 0.4) is 0 Å². The number of aromatic nitrogens is 2. The molecule has 1 aromatic heterocycles. The van der Waals surface area contributed by atoms with E-state index < -0.39 is 5.97 Å². The highest BCUT2D eigenvalue weighted by Crippen LogP contribution is 1.98. The van der Waals surface area contributed by atoms with E-state index in [-0.39, 0.29) is 12.3 Å². The van der Waals surface area contributed by atoms with Gasteiger partial charge in [0, 0.05) is 12.7 Å². The van der Waals surface area contributed by atoms with Crippen LogP contribution < -0.4 is 0 Å². The average Bonchev–Trinajstić information content (AvgIpc) is 2.66. The Kier molecular flexibility index (Phi) is 3.87. The molecular weight excluding hydrogens is 184 g/mol. The Bertz CT molecular complexity index is 331. The minimum Gasteiger partial charge on any atom is -0.464 e. The maximum Gasteiger partial charge on any atom is 0.358 e. The molecule has 0 saturated heterocycles. The van der Waals surface area contributed by atoms with Crippen molar-refractivity contribution in [3.63, 3.8) is 0 Å². The summed E-state index contributed by atoms with van der Waals surface area (Å²) in [6.07, 6.45) is 6.53. The van der Waals surface area contributed by atoms with Crippen molar-refractivity contribution < 1.29 is 14.6 Å². The summed E-state index contributed by atoms with van der Waals surface area (Å²) in [5.74, 6) is -0.449. The van der Waals surface area contributed by atoms with Gasteiger partial charge in [-0.1, -0.05) is 12.2 Å². The third kappa shape index (κ3) is 2.70. The molecular formula is C9H12N2O3. The van der Waals surface area contributed by atoms with Gasteiger partial charge in [0.2, 0.25) is 0 Å². The molecule has 1 N–H and O–H groups in total. The fourth-order valence-electron chi connectivity index (χ4n) is 0.941. The van der Waals surface area contributed by atoms with Crippen LogP contribution in [0.5, 0.6) is 0 Å². The zero-order valence-electron chi connectivity index (χ0n) is 7.88. The van der Waals surface area contributed by atoms with Gasteiger partial charge in [-0.15, -0.1) is 0 Å².